The molecule has 0 fully saturated rings. The largest absolute Gasteiger partial charge is 0.327 e. The van der Waals surface area contributed by atoms with E-state index in [1.807, 2.05) is 0 Å². The third-order valence-corrected chi connectivity index (χ3v) is 4.46. The number of sulfone groups is 1. The smallest absolute Gasteiger partial charge is 0.239 e. The van der Waals surface area contributed by atoms with Gasteiger partial charge in [0.2, 0.25) is 5.91 Å². The van der Waals surface area contributed by atoms with Crippen molar-refractivity contribution in [1.29, 1.82) is 0 Å². The van der Waals surface area contributed by atoms with E-state index in [2.05, 4.69) is 5.32 Å². The van der Waals surface area contributed by atoms with Crippen molar-refractivity contribution in [3.8, 4) is 0 Å². The summed E-state index contributed by atoms with van der Waals surface area (Å²) in [6.07, 6.45) is 0.547. The van der Waals surface area contributed by atoms with Crippen LogP contribution in [0.4, 0.5) is 5.69 Å². The number of nitrogens with two attached hydrogens (primary N) is 1. The second-order valence-electron chi connectivity index (χ2n) is 4.25. The number of para-hydroxylation sites is 1. The topological polar surface area (TPSA) is 89.3 Å². The molecule has 0 saturated carbocycles. The summed E-state index contributed by atoms with van der Waals surface area (Å²) in [6.45, 7) is 1.80. The molecule has 106 valence electrons. The Labute approximate surface area is 118 Å². The van der Waals surface area contributed by atoms with Gasteiger partial charge < -0.3 is 11.1 Å². The lowest BCUT2D eigenvalue weighted by Gasteiger charge is -2.10. The average Bonchev–Trinajstić information content (AvgIpc) is 2.30. The molecular weight excluding hydrogens is 288 g/mol. The van der Waals surface area contributed by atoms with E-state index in [-0.39, 0.29) is 5.75 Å². The first kappa shape index (κ1) is 15.9. The molecule has 0 aromatic heterocycles. The van der Waals surface area contributed by atoms with Crippen molar-refractivity contribution in [3.05, 3.63) is 29.3 Å². The molecule has 1 aromatic carbocycles. The van der Waals surface area contributed by atoms with Gasteiger partial charge in [0, 0.05) is 6.04 Å². The Kier molecular flexibility index (Phi) is 5.78. The summed E-state index contributed by atoms with van der Waals surface area (Å²) in [7, 11) is -3.51. The van der Waals surface area contributed by atoms with E-state index >= 15 is 0 Å². The van der Waals surface area contributed by atoms with E-state index in [0.717, 1.165) is 0 Å². The van der Waals surface area contributed by atoms with Gasteiger partial charge in [0.15, 0.2) is 9.84 Å². The number of benzene rings is 1. The maximum atomic E-state index is 11.7. The molecule has 1 amide bonds. The van der Waals surface area contributed by atoms with Gasteiger partial charge in [0.25, 0.3) is 0 Å². The molecular formula is C12H17ClN2O3S. The quantitative estimate of drug-likeness (QED) is 0.832. The number of amides is 1. The molecule has 0 aliphatic carbocycles. The third-order valence-electron chi connectivity index (χ3n) is 2.49. The molecule has 1 unspecified atom stereocenters. The molecule has 0 bridgehead atoms. The van der Waals surface area contributed by atoms with E-state index < -0.39 is 27.5 Å². The van der Waals surface area contributed by atoms with Crippen LogP contribution in [0, 0.1) is 0 Å². The van der Waals surface area contributed by atoms with Crippen LogP contribution >= 0.6 is 11.6 Å². The Bertz CT molecular complexity index is 546. The van der Waals surface area contributed by atoms with Gasteiger partial charge in [-0.25, -0.2) is 8.42 Å². The lowest BCUT2D eigenvalue weighted by Crippen LogP contribution is -2.33. The minimum atomic E-state index is -3.51. The van der Waals surface area contributed by atoms with Gasteiger partial charge in [-0.05, 0) is 18.6 Å². The summed E-state index contributed by atoms with van der Waals surface area (Å²) in [5.41, 5.74) is 5.97. The first-order valence-corrected chi connectivity index (χ1v) is 8.04. The summed E-state index contributed by atoms with van der Waals surface area (Å²) in [5.74, 6) is -1.40. The number of hydrogen-bond donors (Lipinski definition) is 2. The van der Waals surface area contributed by atoms with E-state index in [4.69, 9.17) is 17.3 Å². The zero-order valence-corrected chi connectivity index (χ0v) is 12.2. The molecule has 5 nitrogen and oxygen atoms in total. The number of carbonyl (C=O) groups excluding carboxylic acids is 1. The van der Waals surface area contributed by atoms with Crippen molar-refractivity contribution in [2.75, 3.05) is 16.8 Å². The Morgan fingerprint density at radius 2 is 2.05 bits per heavy atom. The van der Waals surface area contributed by atoms with E-state index in [0.29, 0.717) is 17.1 Å². The highest BCUT2D eigenvalue weighted by atomic mass is 35.5. The molecule has 19 heavy (non-hydrogen) atoms. The van der Waals surface area contributed by atoms with Crippen molar-refractivity contribution in [2.24, 2.45) is 5.73 Å². The monoisotopic (exact) mass is 304 g/mol. The Morgan fingerprint density at radius 1 is 1.42 bits per heavy atom. The fourth-order valence-electron chi connectivity index (χ4n) is 1.45. The van der Waals surface area contributed by atoms with Gasteiger partial charge in [-0.15, -0.1) is 0 Å². The van der Waals surface area contributed by atoms with Gasteiger partial charge in [-0.1, -0.05) is 30.7 Å². The second kappa shape index (κ2) is 6.88. The fourth-order valence-corrected chi connectivity index (χ4v) is 3.11. The van der Waals surface area contributed by atoms with Gasteiger partial charge in [0.1, 0.15) is 5.75 Å². The van der Waals surface area contributed by atoms with Crippen molar-refractivity contribution in [3.63, 3.8) is 0 Å². The minimum Gasteiger partial charge on any atom is -0.327 e. The van der Waals surface area contributed by atoms with Crippen molar-refractivity contribution >= 4 is 33.0 Å². The molecule has 1 rings (SSSR count). The van der Waals surface area contributed by atoms with Crippen molar-refractivity contribution in [2.45, 2.75) is 19.4 Å². The zero-order valence-electron chi connectivity index (χ0n) is 10.6. The molecule has 0 radical (unpaired) electrons. The SMILES string of the molecule is CCC(N)CS(=O)(=O)CC(=O)Nc1ccccc1Cl. The van der Waals surface area contributed by atoms with Crippen LogP contribution in [0.3, 0.4) is 0 Å². The summed E-state index contributed by atoms with van der Waals surface area (Å²) < 4.78 is 23.4. The first-order valence-electron chi connectivity index (χ1n) is 5.84. The standard InChI is InChI=1S/C12H17ClN2O3S/c1-2-9(14)7-19(17,18)8-12(16)15-11-6-4-3-5-10(11)13/h3-6,9H,2,7-8,14H2,1H3,(H,15,16). The van der Waals surface area contributed by atoms with Crippen molar-refractivity contribution in [1.82, 2.24) is 0 Å². The Hall–Kier alpha value is -1.11. The van der Waals surface area contributed by atoms with Crippen LogP contribution in [0.2, 0.25) is 5.02 Å². The van der Waals surface area contributed by atoms with E-state index in [1.54, 1.807) is 31.2 Å². The van der Waals surface area contributed by atoms with E-state index in [1.165, 1.54) is 0 Å². The number of hydrogen-bond acceptors (Lipinski definition) is 4. The van der Waals surface area contributed by atoms with Crippen LogP contribution in [0.5, 0.6) is 0 Å². The molecule has 7 heteroatoms. The van der Waals surface area contributed by atoms with Crippen LogP contribution in [0.15, 0.2) is 24.3 Å². The number of nitrogens with one attached hydrogen (secondary N) is 1. The van der Waals surface area contributed by atoms with Gasteiger partial charge in [0.05, 0.1) is 16.5 Å². The number of carbonyl (C=O) groups is 1. The number of anilines is 1. The van der Waals surface area contributed by atoms with Gasteiger partial charge in [-0.3, -0.25) is 4.79 Å². The van der Waals surface area contributed by atoms with Crippen LogP contribution in [0.1, 0.15) is 13.3 Å². The van der Waals surface area contributed by atoms with Gasteiger partial charge >= 0.3 is 0 Å². The summed E-state index contributed by atoms with van der Waals surface area (Å²) in [5, 5.41) is 2.83. The molecule has 1 atom stereocenters. The van der Waals surface area contributed by atoms with Crippen LogP contribution in [-0.2, 0) is 14.6 Å². The molecule has 0 aliphatic rings. The Morgan fingerprint density at radius 3 is 2.63 bits per heavy atom. The predicted molar refractivity (Wildman–Crippen MR) is 77.0 cm³/mol. The third kappa shape index (κ3) is 5.59. The summed E-state index contributed by atoms with van der Waals surface area (Å²) >= 11 is 5.86. The zero-order chi connectivity index (χ0) is 14.5. The van der Waals surface area contributed by atoms with Crippen molar-refractivity contribution < 1.29 is 13.2 Å². The van der Waals surface area contributed by atoms with Crippen LogP contribution in [-0.4, -0.2) is 31.9 Å². The summed E-state index contributed by atoms with van der Waals surface area (Å²) in [4.78, 5) is 11.7. The van der Waals surface area contributed by atoms with E-state index in [9.17, 15) is 13.2 Å². The maximum absolute atomic E-state index is 11.7. The summed E-state index contributed by atoms with van der Waals surface area (Å²) in [6, 6.07) is 6.18. The number of halogens is 1. The fraction of sp³-hybridized carbons (Fsp3) is 0.417. The lowest BCUT2D eigenvalue weighted by molar-refractivity contribution is -0.113. The predicted octanol–water partition coefficient (Wildman–Crippen LogP) is 1.43. The molecule has 0 saturated heterocycles. The molecule has 3 N–H and O–H groups in total. The van der Waals surface area contributed by atoms with Gasteiger partial charge in [-0.2, -0.15) is 0 Å². The number of rotatable bonds is 6. The molecule has 1 aromatic rings. The highest BCUT2D eigenvalue weighted by Crippen LogP contribution is 2.20. The average molecular weight is 305 g/mol. The molecule has 0 heterocycles. The highest BCUT2D eigenvalue weighted by molar-refractivity contribution is 7.92. The lowest BCUT2D eigenvalue weighted by atomic mass is 10.3. The molecule has 0 aliphatic heterocycles. The first-order chi connectivity index (χ1) is 8.84. The highest BCUT2D eigenvalue weighted by Gasteiger charge is 2.20. The Balaban J connectivity index is 2.63. The minimum absolute atomic E-state index is 0.195. The normalized spacial score (nSPS) is 13.0. The van der Waals surface area contributed by atoms with Crippen LogP contribution in [0.25, 0.3) is 0 Å². The van der Waals surface area contributed by atoms with Crippen LogP contribution < -0.4 is 11.1 Å². The maximum Gasteiger partial charge on any atom is 0.239 e. The molecule has 0 spiro atoms. The second-order valence-corrected chi connectivity index (χ2v) is 6.77.